The first-order valence-electron chi connectivity index (χ1n) is 8.50. The van der Waals surface area contributed by atoms with Gasteiger partial charge in [-0.3, -0.25) is 0 Å². The minimum absolute atomic E-state index is 0.0739. The zero-order chi connectivity index (χ0) is 17.2. The van der Waals surface area contributed by atoms with E-state index in [1.807, 2.05) is 27.7 Å². The molecule has 0 aromatic rings. The summed E-state index contributed by atoms with van der Waals surface area (Å²) in [6.45, 7) is 12.4. The van der Waals surface area contributed by atoms with Crippen molar-refractivity contribution in [1.29, 1.82) is 0 Å². The summed E-state index contributed by atoms with van der Waals surface area (Å²) in [4.78, 5) is 0. The maximum Gasteiger partial charge on any atom is 0.126 e. The SMILES string of the molecule is CCC[N+](C)(C)CC(O)COC1CC(C)(C)N(O)C(C)(C)C1. The van der Waals surface area contributed by atoms with Crippen LogP contribution in [0, 0.1) is 0 Å². The van der Waals surface area contributed by atoms with Gasteiger partial charge in [-0.25, -0.2) is 0 Å². The second-order valence-corrected chi connectivity index (χ2v) is 8.80. The zero-order valence-corrected chi connectivity index (χ0v) is 15.6. The van der Waals surface area contributed by atoms with E-state index in [0.717, 1.165) is 30.3 Å². The second-order valence-electron chi connectivity index (χ2n) is 8.80. The molecular weight excluding hydrogens is 280 g/mol. The molecule has 5 nitrogen and oxygen atoms in total. The zero-order valence-electron chi connectivity index (χ0n) is 15.6. The molecule has 1 aliphatic heterocycles. The third kappa shape index (κ3) is 5.46. The molecule has 1 heterocycles. The molecule has 0 aliphatic carbocycles. The predicted molar refractivity (Wildman–Crippen MR) is 88.9 cm³/mol. The van der Waals surface area contributed by atoms with Gasteiger partial charge >= 0.3 is 0 Å². The fourth-order valence-electron chi connectivity index (χ4n) is 3.86. The molecule has 0 radical (unpaired) electrons. The number of likely N-dealkylation sites (N-methyl/N-ethyl adjacent to an activating group) is 1. The van der Waals surface area contributed by atoms with E-state index in [9.17, 15) is 10.3 Å². The topological polar surface area (TPSA) is 52.9 Å². The molecular formula is C17H37N2O3+. The van der Waals surface area contributed by atoms with Crippen LogP contribution in [0.3, 0.4) is 0 Å². The fraction of sp³-hybridized carbons (Fsp3) is 1.00. The Hall–Kier alpha value is -0.200. The van der Waals surface area contributed by atoms with Gasteiger partial charge in [0.2, 0.25) is 0 Å². The van der Waals surface area contributed by atoms with Crippen LogP contribution >= 0.6 is 0 Å². The van der Waals surface area contributed by atoms with Crippen molar-refractivity contribution < 1.29 is 19.5 Å². The smallest absolute Gasteiger partial charge is 0.126 e. The number of quaternary nitrogens is 1. The van der Waals surface area contributed by atoms with Crippen molar-refractivity contribution in [3.63, 3.8) is 0 Å². The Kier molecular flexibility index (Phi) is 6.44. The maximum absolute atomic E-state index is 10.3. The van der Waals surface area contributed by atoms with Crippen molar-refractivity contribution >= 4 is 0 Å². The lowest BCUT2D eigenvalue weighted by molar-refractivity contribution is -0.893. The number of aliphatic hydroxyl groups is 1. The molecule has 1 aliphatic rings. The standard InChI is InChI=1S/C17H37N2O3/c1-8-9-19(6,7)12-14(20)13-22-15-10-16(2,3)18(21)17(4,5)11-15/h14-15,20-21H,8-13H2,1-7H3/q+1. The number of hydroxylamine groups is 2. The van der Waals surface area contributed by atoms with Crippen LogP contribution in [0.25, 0.3) is 0 Å². The Morgan fingerprint density at radius 1 is 1.18 bits per heavy atom. The van der Waals surface area contributed by atoms with Gasteiger partial charge in [0.25, 0.3) is 0 Å². The van der Waals surface area contributed by atoms with Crippen LogP contribution in [-0.2, 0) is 4.74 Å². The lowest BCUT2D eigenvalue weighted by Gasteiger charge is -2.51. The Labute approximate surface area is 136 Å². The van der Waals surface area contributed by atoms with E-state index >= 15 is 0 Å². The van der Waals surface area contributed by atoms with E-state index in [1.165, 1.54) is 5.06 Å². The van der Waals surface area contributed by atoms with E-state index in [4.69, 9.17) is 4.74 Å². The van der Waals surface area contributed by atoms with E-state index in [2.05, 4.69) is 21.0 Å². The summed E-state index contributed by atoms with van der Waals surface area (Å²) >= 11 is 0. The largest absolute Gasteiger partial charge is 0.385 e. The molecule has 1 atom stereocenters. The van der Waals surface area contributed by atoms with Crippen LogP contribution in [0.15, 0.2) is 0 Å². The first-order chi connectivity index (χ1) is 9.89. The highest BCUT2D eigenvalue weighted by molar-refractivity contribution is 4.96. The number of hydrogen-bond donors (Lipinski definition) is 2. The number of rotatable bonds is 7. The van der Waals surface area contributed by atoms with Crippen molar-refractivity contribution in [3.05, 3.63) is 0 Å². The summed E-state index contributed by atoms with van der Waals surface area (Å²) in [6.07, 6.45) is 2.28. The molecule has 1 unspecified atom stereocenters. The average Bonchev–Trinajstić information content (AvgIpc) is 2.32. The summed E-state index contributed by atoms with van der Waals surface area (Å²) in [5.74, 6) is 0. The highest BCUT2D eigenvalue weighted by Gasteiger charge is 2.45. The lowest BCUT2D eigenvalue weighted by Crippen LogP contribution is -2.60. The molecule has 132 valence electrons. The number of piperidine rings is 1. The molecule has 0 spiro atoms. The van der Waals surface area contributed by atoms with Crippen molar-refractivity contribution in [2.75, 3.05) is 33.8 Å². The highest BCUT2D eigenvalue weighted by Crippen LogP contribution is 2.37. The van der Waals surface area contributed by atoms with Crippen molar-refractivity contribution in [3.8, 4) is 0 Å². The average molecular weight is 317 g/mol. The summed E-state index contributed by atoms with van der Waals surface area (Å²) < 4.78 is 6.80. The Bertz CT molecular complexity index is 338. The van der Waals surface area contributed by atoms with Gasteiger partial charge in [0.05, 0.1) is 33.4 Å². The molecule has 0 amide bonds. The van der Waals surface area contributed by atoms with Crippen LogP contribution in [0.2, 0.25) is 0 Å². The van der Waals surface area contributed by atoms with E-state index in [0.29, 0.717) is 13.2 Å². The Morgan fingerprint density at radius 3 is 2.14 bits per heavy atom. The molecule has 1 saturated heterocycles. The van der Waals surface area contributed by atoms with E-state index in [-0.39, 0.29) is 17.2 Å². The van der Waals surface area contributed by atoms with Crippen molar-refractivity contribution in [1.82, 2.24) is 5.06 Å². The highest BCUT2D eigenvalue weighted by atomic mass is 16.5. The lowest BCUT2D eigenvalue weighted by atomic mass is 9.80. The molecule has 0 bridgehead atoms. The first kappa shape index (κ1) is 19.8. The van der Waals surface area contributed by atoms with E-state index in [1.54, 1.807) is 0 Å². The van der Waals surface area contributed by atoms with Crippen molar-refractivity contribution in [2.45, 2.75) is 77.2 Å². The van der Waals surface area contributed by atoms with Crippen LogP contribution in [0.1, 0.15) is 53.9 Å². The second kappa shape index (κ2) is 7.14. The van der Waals surface area contributed by atoms with Gasteiger partial charge in [-0.05, 0) is 47.0 Å². The van der Waals surface area contributed by atoms with Crippen LogP contribution in [0.4, 0.5) is 0 Å². The molecule has 1 fully saturated rings. The third-order valence-corrected chi connectivity index (χ3v) is 4.66. The van der Waals surface area contributed by atoms with Gasteiger partial charge in [0.1, 0.15) is 12.6 Å². The van der Waals surface area contributed by atoms with Gasteiger partial charge < -0.3 is 19.5 Å². The number of ether oxygens (including phenoxy) is 1. The van der Waals surface area contributed by atoms with Gasteiger partial charge in [-0.2, -0.15) is 5.06 Å². The molecule has 2 N–H and O–H groups in total. The number of hydrogen-bond acceptors (Lipinski definition) is 4. The molecule has 0 aromatic heterocycles. The minimum Gasteiger partial charge on any atom is -0.385 e. The summed E-state index contributed by atoms with van der Waals surface area (Å²) in [5.41, 5.74) is -0.621. The van der Waals surface area contributed by atoms with Crippen LogP contribution < -0.4 is 0 Å². The first-order valence-corrected chi connectivity index (χ1v) is 8.50. The maximum atomic E-state index is 10.3. The van der Waals surface area contributed by atoms with E-state index < -0.39 is 6.10 Å². The monoisotopic (exact) mass is 317 g/mol. The third-order valence-electron chi connectivity index (χ3n) is 4.66. The van der Waals surface area contributed by atoms with Crippen LogP contribution in [0.5, 0.6) is 0 Å². The van der Waals surface area contributed by atoms with Gasteiger partial charge in [-0.1, -0.05) is 6.92 Å². The molecule has 0 saturated carbocycles. The number of aliphatic hydroxyl groups excluding tert-OH is 1. The molecule has 22 heavy (non-hydrogen) atoms. The minimum atomic E-state index is -0.445. The summed E-state index contributed by atoms with van der Waals surface area (Å²) in [6, 6.07) is 0. The quantitative estimate of drug-likeness (QED) is 0.707. The molecule has 0 aromatic carbocycles. The molecule has 1 rings (SSSR count). The Balaban J connectivity index is 2.51. The van der Waals surface area contributed by atoms with Crippen LogP contribution in [-0.4, -0.2) is 76.9 Å². The molecule has 5 heteroatoms. The summed E-state index contributed by atoms with van der Waals surface area (Å²) in [7, 11) is 4.28. The van der Waals surface area contributed by atoms with Gasteiger partial charge in [0.15, 0.2) is 0 Å². The van der Waals surface area contributed by atoms with Gasteiger partial charge in [0, 0.05) is 11.1 Å². The summed E-state index contributed by atoms with van der Waals surface area (Å²) in [5, 5.41) is 22.0. The predicted octanol–water partition coefficient (Wildman–Crippen LogP) is 2.26. The Morgan fingerprint density at radius 2 is 1.68 bits per heavy atom. The van der Waals surface area contributed by atoms with Crippen molar-refractivity contribution in [2.24, 2.45) is 0 Å². The van der Waals surface area contributed by atoms with Gasteiger partial charge in [-0.15, -0.1) is 0 Å². The number of nitrogens with zero attached hydrogens (tertiary/aromatic N) is 2. The normalized spacial score (nSPS) is 24.4. The fourth-order valence-corrected chi connectivity index (χ4v) is 3.86.